The Hall–Kier alpha value is -1.38. The van der Waals surface area contributed by atoms with Crippen LogP contribution >= 0.6 is 11.6 Å². The van der Waals surface area contributed by atoms with Gasteiger partial charge in [-0.1, -0.05) is 38.4 Å². The molecule has 0 saturated carbocycles. The SMILES string of the molecule is CCCNC(=O)[C@@H](C[C@H](O)[C@@H](N)CN(Cc1ccc(Cl)c(OCCCOC)c1)C(C)C)C(C)C. The molecule has 0 aliphatic rings. The zero-order chi connectivity index (χ0) is 25.7. The van der Waals surface area contributed by atoms with Crippen LogP contribution < -0.4 is 15.8 Å². The van der Waals surface area contributed by atoms with Gasteiger partial charge in [-0.25, -0.2) is 0 Å². The van der Waals surface area contributed by atoms with Crippen molar-refractivity contribution < 1.29 is 19.4 Å². The van der Waals surface area contributed by atoms with Crippen LogP contribution in [0.25, 0.3) is 0 Å². The molecule has 8 heteroatoms. The Bertz CT molecular complexity index is 717. The fourth-order valence-corrected chi connectivity index (χ4v) is 3.90. The molecule has 0 heterocycles. The second-order valence-electron chi connectivity index (χ2n) is 9.59. The molecule has 0 fully saturated rings. The van der Waals surface area contributed by atoms with Crippen LogP contribution in [0.2, 0.25) is 5.02 Å². The number of benzene rings is 1. The van der Waals surface area contributed by atoms with E-state index in [2.05, 4.69) is 24.1 Å². The van der Waals surface area contributed by atoms with Crippen molar-refractivity contribution >= 4 is 17.5 Å². The summed E-state index contributed by atoms with van der Waals surface area (Å²) in [6.45, 7) is 13.2. The van der Waals surface area contributed by atoms with Crippen LogP contribution in [-0.4, -0.2) is 67.5 Å². The van der Waals surface area contributed by atoms with Gasteiger partial charge in [-0.3, -0.25) is 9.69 Å². The second kappa shape index (κ2) is 16.3. The Kier molecular flexibility index (Phi) is 14.7. The van der Waals surface area contributed by atoms with Gasteiger partial charge in [0.25, 0.3) is 0 Å². The summed E-state index contributed by atoms with van der Waals surface area (Å²) in [7, 11) is 1.67. The fraction of sp³-hybridized carbons (Fsp3) is 0.731. The molecule has 196 valence electrons. The standard InChI is InChI=1S/C26H46ClN3O4/c1-7-11-29-26(32)21(18(2)3)15-24(31)23(28)17-30(19(4)5)16-20-9-10-22(27)25(14-20)34-13-8-12-33-6/h9-10,14,18-19,21,23-24,31H,7-8,11-13,15-17,28H2,1-6H3,(H,29,32)/t21-,23-,24-/m0/s1. The number of hydrogen-bond acceptors (Lipinski definition) is 6. The monoisotopic (exact) mass is 499 g/mol. The van der Waals surface area contributed by atoms with E-state index in [0.717, 1.165) is 18.4 Å². The summed E-state index contributed by atoms with van der Waals surface area (Å²) in [5.41, 5.74) is 7.48. The van der Waals surface area contributed by atoms with Crippen molar-refractivity contribution in [2.24, 2.45) is 17.6 Å². The predicted molar refractivity (Wildman–Crippen MR) is 139 cm³/mol. The van der Waals surface area contributed by atoms with Crippen LogP contribution in [0, 0.1) is 11.8 Å². The molecule has 0 saturated heterocycles. The molecule has 0 aromatic heterocycles. The number of methoxy groups -OCH3 is 1. The molecular formula is C26H46ClN3O4. The van der Waals surface area contributed by atoms with Gasteiger partial charge in [-0.05, 0) is 50.3 Å². The van der Waals surface area contributed by atoms with Crippen molar-refractivity contribution in [2.75, 3.05) is 33.4 Å². The maximum atomic E-state index is 12.5. The summed E-state index contributed by atoms with van der Waals surface area (Å²) < 4.78 is 10.9. The van der Waals surface area contributed by atoms with E-state index in [9.17, 15) is 9.90 Å². The van der Waals surface area contributed by atoms with Crippen LogP contribution in [0.15, 0.2) is 18.2 Å². The summed E-state index contributed by atoms with van der Waals surface area (Å²) in [5.74, 6) is 0.495. The number of hydrogen-bond donors (Lipinski definition) is 3. The van der Waals surface area contributed by atoms with E-state index in [1.807, 2.05) is 39.0 Å². The largest absolute Gasteiger partial charge is 0.492 e. The molecule has 0 radical (unpaired) electrons. The van der Waals surface area contributed by atoms with Gasteiger partial charge in [0.1, 0.15) is 5.75 Å². The first-order valence-electron chi connectivity index (χ1n) is 12.5. The number of ether oxygens (including phenoxy) is 2. The summed E-state index contributed by atoms with van der Waals surface area (Å²) in [6.07, 6.45) is 1.24. The quantitative estimate of drug-likeness (QED) is 0.282. The molecule has 3 atom stereocenters. The Morgan fingerprint density at radius 1 is 1.24 bits per heavy atom. The first-order chi connectivity index (χ1) is 16.1. The first-order valence-corrected chi connectivity index (χ1v) is 12.8. The van der Waals surface area contributed by atoms with Crippen LogP contribution in [0.4, 0.5) is 0 Å². The smallest absolute Gasteiger partial charge is 0.223 e. The third-order valence-electron chi connectivity index (χ3n) is 5.99. The minimum absolute atomic E-state index is 0.0111. The first kappa shape index (κ1) is 30.7. The molecule has 0 aliphatic heterocycles. The Balaban J connectivity index is 2.79. The molecule has 0 bridgehead atoms. The van der Waals surface area contributed by atoms with E-state index in [4.69, 9.17) is 26.8 Å². The molecule has 34 heavy (non-hydrogen) atoms. The van der Waals surface area contributed by atoms with Gasteiger partial charge >= 0.3 is 0 Å². The van der Waals surface area contributed by atoms with Crippen LogP contribution in [-0.2, 0) is 16.1 Å². The van der Waals surface area contributed by atoms with Gasteiger partial charge < -0.3 is 25.6 Å². The van der Waals surface area contributed by atoms with E-state index in [1.54, 1.807) is 7.11 Å². The number of aliphatic hydroxyl groups is 1. The van der Waals surface area contributed by atoms with E-state index in [1.165, 1.54) is 0 Å². The number of carbonyl (C=O) groups excluding carboxylic acids is 1. The minimum Gasteiger partial charge on any atom is -0.492 e. The van der Waals surface area contributed by atoms with Gasteiger partial charge in [-0.15, -0.1) is 0 Å². The van der Waals surface area contributed by atoms with Crippen LogP contribution in [0.1, 0.15) is 59.4 Å². The highest BCUT2D eigenvalue weighted by Crippen LogP contribution is 2.27. The number of aliphatic hydroxyl groups excluding tert-OH is 1. The number of amides is 1. The Morgan fingerprint density at radius 2 is 1.94 bits per heavy atom. The third-order valence-corrected chi connectivity index (χ3v) is 6.30. The number of carbonyl (C=O) groups is 1. The fourth-order valence-electron chi connectivity index (χ4n) is 3.72. The lowest BCUT2D eigenvalue weighted by atomic mass is 9.87. The number of halogens is 1. The Morgan fingerprint density at radius 3 is 2.53 bits per heavy atom. The maximum absolute atomic E-state index is 12.5. The number of nitrogens with two attached hydrogens (primary N) is 1. The van der Waals surface area contributed by atoms with Crippen molar-refractivity contribution in [1.29, 1.82) is 0 Å². The second-order valence-corrected chi connectivity index (χ2v) is 10.00. The number of rotatable bonds is 17. The molecule has 1 aromatic carbocycles. The average molecular weight is 500 g/mol. The molecule has 7 nitrogen and oxygen atoms in total. The van der Waals surface area contributed by atoms with Crippen molar-refractivity contribution in [2.45, 2.75) is 78.6 Å². The Labute approximate surface area is 211 Å². The van der Waals surface area contributed by atoms with E-state index in [0.29, 0.717) is 50.0 Å². The van der Waals surface area contributed by atoms with Gasteiger partial charge in [0.15, 0.2) is 0 Å². The minimum atomic E-state index is -0.772. The third kappa shape index (κ3) is 10.9. The summed E-state index contributed by atoms with van der Waals surface area (Å²) >= 11 is 6.31. The zero-order valence-electron chi connectivity index (χ0n) is 21.9. The van der Waals surface area contributed by atoms with Gasteiger partial charge in [0, 0.05) is 57.8 Å². The molecule has 1 rings (SSSR count). The van der Waals surface area contributed by atoms with Gasteiger partial charge in [0.2, 0.25) is 5.91 Å². The summed E-state index contributed by atoms with van der Waals surface area (Å²) in [4.78, 5) is 14.8. The molecule has 4 N–H and O–H groups in total. The lowest BCUT2D eigenvalue weighted by molar-refractivity contribution is -0.127. The summed E-state index contributed by atoms with van der Waals surface area (Å²) in [5, 5.41) is 14.4. The molecule has 1 amide bonds. The maximum Gasteiger partial charge on any atom is 0.223 e. The normalized spacial score (nSPS) is 14.5. The molecule has 1 aromatic rings. The van der Waals surface area contributed by atoms with Crippen molar-refractivity contribution in [1.82, 2.24) is 10.2 Å². The van der Waals surface area contributed by atoms with Crippen molar-refractivity contribution in [3.8, 4) is 5.75 Å². The molecule has 0 aliphatic carbocycles. The lowest BCUT2D eigenvalue weighted by Crippen LogP contribution is -2.48. The van der Waals surface area contributed by atoms with Crippen molar-refractivity contribution in [3.05, 3.63) is 28.8 Å². The van der Waals surface area contributed by atoms with Gasteiger partial charge in [0.05, 0.1) is 17.7 Å². The summed E-state index contributed by atoms with van der Waals surface area (Å²) in [6, 6.07) is 5.53. The van der Waals surface area contributed by atoms with E-state index in [-0.39, 0.29) is 23.8 Å². The highest BCUT2D eigenvalue weighted by atomic mass is 35.5. The molecule has 0 spiro atoms. The van der Waals surface area contributed by atoms with Crippen LogP contribution in [0.3, 0.4) is 0 Å². The van der Waals surface area contributed by atoms with E-state index >= 15 is 0 Å². The molecule has 0 unspecified atom stereocenters. The van der Waals surface area contributed by atoms with Gasteiger partial charge in [-0.2, -0.15) is 0 Å². The zero-order valence-corrected chi connectivity index (χ0v) is 22.6. The highest BCUT2D eigenvalue weighted by Gasteiger charge is 2.29. The number of nitrogens with zero attached hydrogens (tertiary/aromatic N) is 1. The van der Waals surface area contributed by atoms with Crippen LogP contribution in [0.5, 0.6) is 5.75 Å². The lowest BCUT2D eigenvalue weighted by Gasteiger charge is -2.32. The molecular weight excluding hydrogens is 454 g/mol. The average Bonchev–Trinajstić information content (AvgIpc) is 2.79. The highest BCUT2D eigenvalue weighted by molar-refractivity contribution is 6.32. The van der Waals surface area contributed by atoms with E-state index < -0.39 is 12.1 Å². The number of nitrogens with one attached hydrogen (secondary N) is 1. The predicted octanol–water partition coefficient (Wildman–Crippen LogP) is 3.84. The topological polar surface area (TPSA) is 97.0 Å². The van der Waals surface area contributed by atoms with Crippen molar-refractivity contribution in [3.63, 3.8) is 0 Å².